The maximum atomic E-state index is 13.3. The molecule has 0 radical (unpaired) electrons. The number of hydrogen-bond donors (Lipinski definition) is 2. The maximum Gasteiger partial charge on any atom is 0.265 e. The Morgan fingerprint density at radius 3 is 2.62 bits per heavy atom. The highest BCUT2D eigenvalue weighted by Gasteiger charge is 2.31. The van der Waals surface area contributed by atoms with Crippen LogP contribution >= 0.6 is 0 Å². The number of H-pyrrole nitrogens is 1. The predicted octanol–water partition coefficient (Wildman–Crippen LogP) is 3.67. The van der Waals surface area contributed by atoms with Gasteiger partial charge in [-0.05, 0) is 61.7 Å². The standard InChI is InChI=1S/C25H30N6O3/c1-16-14-31(15-17(2)33-16)19-10-11-22(21(13-19)24-27-29-30-28-24)26-25(32)23(12-18-8-9-18)34-20-6-4-3-5-7-20/h3-7,10-11,13,16-18,23H,8-9,12,14-15H2,1-2H3,(H,26,32)(H,27,28,29,30)/t16-,17?,23-/m0/s1. The molecule has 2 aromatic carbocycles. The second-order valence-electron chi connectivity index (χ2n) is 9.22. The smallest absolute Gasteiger partial charge is 0.265 e. The highest BCUT2D eigenvalue weighted by molar-refractivity contribution is 5.98. The zero-order valence-electron chi connectivity index (χ0n) is 19.5. The number of hydrogen-bond acceptors (Lipinski definition) is 7. The number of para-hydroxylation sites is 1. The van der Waals surface area contributed by atoms with Gasteiger partial charge in [0.15, 0.2) is 6.10 Å². The van der Waals surface area contributed by atoms with Gasteiger partial charge in [-0.3, -0.25) is 4.79 Å². The Hall–Kier alpha value is -3.46. The first-order chi connectivity index (χ1) is 16.5. The fourth-order valence-electron chi connectivity index (χ4n) is 4.43. The van der Waals surface area contributed by atoms with E-state index in [4.69, 9.17) is 9.47 Å². The number of tetrazole rings is 1. The van der Waals surface area contributed by atoms with Gasteiger partial charge in [0.2, 0.25) is 5.82 Å². The summed E-state index contributed by atoms with van der Waals surface area (Å²) in [6.07, 6.45) is 2.67. The third-order valence-electron chi connectivity index (χ3n) is 6.19. The Morgan fingerprint density at radius 2 is 1.94 bits per heavy atom. The highest BCUT2D eigenvalue weighted by Crippen LogP contribution is 2.36. The zero-order valence-corrected chi connectivity index (χ0v) is 19.5. The van der Waals surface area contributed by atoms with Crippen molar-refractivity contribution in [3.8, 4) is 17.1 Å². The molecular weight excluding hydrogens is 432 g/mol. The molecule has 5 rings (SSSR count). The lowest BCUT2D eigenvalue weighted by Crippen LogP contribution is -2.45. The number of amides is 1. The molecule has 2 heterocycles. The molecule has 1 aliphatic carbocycles. The summed E-state index contributed by atoms with van der Waals surface area (Å²) in [5.74, 6) is 1.47. The Morgan fingerprint density at radius 1 is 1.18 bits per heavy atom. The first kappa shape index (κ1) is 22.3. The summed E-state index contributed by atoms with van der Waals surface area (Å²) in [6, 6.07) is 15.4. The number of anilines is 2. The largest absolute Gasteiger partial charge is 0.481 e. The Kier molecular flexibility index (Phi) is 6.44. The summed E-state index contributed by atoms with van der Waals surface area (Å²) in [7, 11) is 0. The first-order valence-corrected chi connectivity index (χ1v) is 11.9. The second kappa shape index (κ2) is 9.80. The third kappa shape index (κ3) is 5.36. The summed E-state index contributed by atoms with van der Waals surface area (Å²) in [5.41, 5.74) is 2.35. The minimum atomic E-state index is -0.575. The van der Waals surface area contributed by atoms with Crippen molar-refractivity contribution in [3.05, 3.63) is 48.5 Å². The van der Waals surface area contributed by atoms with Gasteiger partial charge in [-0.2, -0.15) is 5.21 Å². The average Bonchev–Trinajstić information content (AvgIpc) is 3.48. The second-order valence-corrected chi connectivity index (χ2v) is 9.22. The molecule has 9 nitrogen and oxygen atoms in total. The third-order valence-corrected chi connectivity index (χ3v) is 6.19. The average molecular weight is 463 g/mol. The molecule has 0 bridgehead atoms. The number of morpholine rings is 1. The minimum Gasteiger partial charge on any atom is -0.481 e. The van der Waals surface area contributed by atoms with Crippen LogP contribution in [-0.2, 0) is 9.53 Å². The number of rotatable bonds is 8. The molecule has 2 fully saturated rings. The molecule has 1 aliphatic heterocycles. The van der Waals surface area contributed by atoms with Crippen LogP contribution in [0.2, 0.25) is 0 Å². The molecule has 0 spiro atoms. The van der Waals surface area contributed by atoms with E-state index in [1.54, 1.807) is 0 Å². The SMILES string of the molecule is CC1CN(c2ccc(NC(=O)[C@H](CC3CC3)Oc3ccccc3)c(-c3nn[nH]n3)c2)C[C@H](C)O1. The number of benzene rings is 2. The van der Waals surface area contributed by atoms with Crippen molar-refractivity contribution in [1.82, 2.24) is 20.6 Å². The van der Waals surface area contributed by atoms with Crippen LogP contribution in [0.4, 0.5) is 11.4 Å². The molecule has 178 valence electrons. The number of aromatic nitrogens is 4. The van der Waals surface area contributed by atoms with Gasteiger partial charge < -0.3 is 19.7 Å². The summed E-state index contributed by atoms with van der Waals surface area (Å²) >= 11 is 0. The van der Waals surface area contributed by atoms with Crippen LogP contribution in [0.5, 0.6) is 5.75 Å². The summed E-state index contributed by atoms with van der Waals surface area (Å²) in [4.78, 5) is 15.6. The van der Waals surface area contributed by atoms with Gasteiger partial charge in [-0.25, -0.2) is 0 Å². The van der Waals surface area contributed by atoms with Crippen LogP contribution in [0.15, 0.2) is 48.5 Å². The molecule has 2 N–H and O–H groups in total. The van der Waals surface area contributed by atoms with E-state index in [-0.39, 0.29) is 18.1 Å². The number of carbonyl (C=O) groups excluding carboxylic acids is 1. The number of aromatic amines is 1. The maximum absolute atomic E-state index is 13.3. The molecule has 34 heavy (non-hydrogen) atoms. The summed E-state index contributed by atoms with van der Waals surface area (Å²) in [6.45, 7) is 5.72. The highest BCUT2D eigenvalue weighted by atomic mass is 16.5. The first-order valence-electron chi connectivity index (χ1n) is 11.9. The zero-order chi connectivity index (χ0) is 23.5. The van der Waals surface area contributed by atoms with E-state index in [2.05, 4.69) is 44.7 Å². The van der Waals surface area contributed by atoms with Crippen LogP contribution < -0.4 is 15.0 Å². The normalized spacial score (nSPS) is 21.2. The van der Waals surface area contributed by atoms with Gasteiger partial charge in [0.05, 0.1) is 17.9 Å². The molecule has 3 aromatic rings. The van der Waals surface area contributed by atoms with E-state index in [0.717, 1.165) is 31.6 Å². The van der Waals surface area contributed by atoms with E-state index in [0.29, 0.717) is 35.2 Å². The van der Waals surface area contributed by atoms with Gasteiger partial charge in [-0.15, -0.1) is 10.2 Å². The van der Waals surface area contributed by atoms with Gasteiger partial charge in [0.1, 0.15) is 5.75 Å². The van der Waals surface area contributed by atoms with Crippen molar-refractivity contribution in [2.75, 3.05) is 23.3 Å². The molecule has 9 heteroatoms. The van der Waals surface area contributed by atoms with E-state index in [9.17, 15) is 4.79 Å². The Labute approximate surface area is 198 Å². The van der Waals surface area contributed by atoms with Crippen LogP contribution in [0.3, 0.4) is 0 Å². The van der Waals surface area contributed by atoms with Crippen LogP contribution in [0, 0.1) is 5.92 Å². The van der Waals surface area contributed by atoms with Gasteiger partial charge in [0.25, 0.3) is 5.91 Å². The van der Waals surface area contributed by atoms with Crippen molar-refractivity contribution in [2.45, 2.75) is 51.4 Å². The lowest BCUT2D eigenvalue weighted by molar-refractivity contribution is -0.123. The fraction of sp³-hybridized carbons (Fsp3) is 0.440. The molecule has 2 aliphatic rings. The monoisotopic (exact) mass is 462 g/mol. The lowest BCUT2D eigenvalue weighted by Gasteiger charge is -2.37. The van der Waals surface area contributed by atoms with Crippen LogP contribution in [-0.4, -0.2) is 57.9 Å². The number of nitrogens with one attached hydrogen (secondary N) is 2. The van der Waals surface area contributed by atoms with Crippen molar-refractivity contribution in [2.24, 2.45) is 5.92 Å². The fourth-order valence-corrected chi connectivity index (χ4v) is 4.43. The molecule has 1 aromatic heterocycles. The number of ether oxygens (including phenoxy) is 2. The van der Waals surface area contributed by atoms with Gasteiger partial charge in [0, 0.05) is 24.3 Å². The van der Waals surface area contributed by atoms with Gasteiger partial charge in [-0.1, -0.05) is 31.0 Å². The molecule has 3 atom stereocenters. The van der Waals surface area contributed by atoms with Crippen LogP contribution in [0.1, 0.15) is 33.1 Å². The lowest BCUT2D eigenvalue weighted by atomic mass is 10.1. The van der Waals surface area contributed by atoms with Crippen molar-refractivity contribution in [3.63, 3.8) is 0 Å². The molecule has 1 unspecified atom stereocenters. The summed E-state index contributed by atoms with van der Waals surface area (Å²) < 4.78 is 12.0. The van der Waals surface area contributed by atoms with Gasteiger partial charge >= 0.3 is 0 Å². The van der Waals surface area contributed by atoms with Crippen molar-refractivity contribution >= 4 is 17.3 Å². The molecule has 1 amide bonds. The van der Waals surface area contributed by atoms with E-state index < -0.39 is 6.10 Å². The Bertz CT molecular complexity index is 1090. The minimum absolute atomic E-state index is 0.134. The van der Waals surface area contributed by atoms with Crippen molar-refractivity contribution in [1.29, 1.82) is 0 Å². The molecular formula is C25H30N6O3. The quantitative estimate of drug-likeness (QED) is 0.526. The number of nitrogens with zero attached hydrogens (tertiary/aromatic N) is 4. The van der Waals surface area contributed by atoms with E-state index in [1.807, 2.05) is 48.5 Å². The molecule has 1 saturated carbocycles. The van der Waals surface area contributed by atoms with E-state index in [1.165, 1.54) is 0 Å². The van der Waals surface area contributed by atoms with Crippen LogP contribution in [0.25, 0.3) is 11.4 Å². The topological polar surface area (TPSA) is 105 Å². The summed E-state index contributed by atoms with van der Waals surface area (Å²) in [5, 5.41) is 17.6. The van der Waals surface area contributed by atoms with E-state index >= 15 is 0 Å². The molecule has 1 saturated heterocycles. The number of carbonyl (C=O) groups is 1. The Balaban J connectivity index is 1.39. The van der Waals surface area contributed by atoms with Crippen molar-refractivity contribution < 1.29 is 14.3 Å². The predicted molar refractivity (Wildman–Crippen MR) is 129 cm³/mol.